The second-order valence-electron chi connectivity index (χ2n) is 8.58. The van der Waals surface area contributed by atoms with Crippen molar-refractivity contribution < 1.29 is 19.3 Å². The summed E-state index contributed by atoms with van der Waals surface area (Å²) >= 11 is 0. The van der Waals surface area contributed by atoms with E-state index in [9.17, 15) is 5.11 Å². The van der Waals surface area contributed by atoms with E-state index >= 15 is 0 Å². The number of nitrogens with zero attached hydrogens (tertiary/aromatic N) is 1. The maximum absolute atomic E-state index is 10.6. The second-order valence-corrected chi connectivity index (χ2v) is 8.58. The SMILES string of the molecule is OC1=Cc2c3c(ccc2=C2COC(OCCN4CCCCCC4)CC2=C1)=CCCO3. The van der Waals surface area contributed by atoms with Crippen molar-refractivity contribution >= 4 is 17.7 Å². The van der Waals surface area contributed by atoms with E-state index in [1.807, 2.05) is 12.2 Å². The van der Waals surface area contributed by atoms with E-state index in [4.69, 9.17) is 14.2 Å². The molecule has 1 aromatic carbocycles. The van der Waals surface area contributed by atoms with Gasteiger partial charge in [0.25, 0.3) is 0 Å². The highest BCUT2D eigenvalue weighted by Gasteiger charge is 2.26. The third-order valence-corrected chi connectivity index (χ3v) is 6.49. The van der Waals surface area contributed by atoms with Crippen LogP contribution < -0.4 is 15.2 Å². The molecule has 1 aromatic rings. The van der Waals surface area contributed by atoms with Crippen LogP contribution in [0.25, 0.3) is 17.7 Å². The van der Waals surface area contributed by atoms with E-state index in [2.05, 4.69) is 23.1 Å². The first-order valence-electron chi connectivity index (χ1n) is 11.3. The van der Waals surface area contributed by atoms with Crippen molar-refractivity contribution in [2.75, 3.05) is 39.5 Å². The van der Waals surface area contributed by atoms with E-state index in [0.717, 1.165) is 45.9 Å². The molecule has 2 saturated heterocycles. The lowest BCUT2D eigenvalue weighted by atomic mass is 9.96. The number of aliphatic hydroxyl groups is 1. The minimum Gasteiger partial charge on any atom is -0.508 e. The van der Waals surface area contributed by atoms with Crippen molar-refractivity contribution in [3.05, 3.63) is 45.5 Å². The van der Waals surface area contributed by atoms with Crippen molar-refractivity contribution in [2.45, 2.75) is 44.8 Å². The quantitative estimate of drug-likeness (QED) is 0.829. The fourth-order valence-corrected chi connectivity index (χ4v) is 4.90. The minimum absolute atomic E-state index is 0.258. The van der Waals surface area contributed by atoms with Crippen LogP contribution in [0.1, 0.15) is 44.1 Å². The Labute approximate surface area is 177 Å². The normalized spacial score (nSPS) is 24.1. The Kier molecular flexibility index (Phi) is 5.93. The summed E-state index contributed by atoms with van der Waals surface area (Å²) in [5, 5.41) is 12.7. The van der Waals surface area contributed by atoms with Crippen molar-refractivity contribution in [2.24, 2.45) is 0 Å². The molecule has 5 rings (SSSR count). The number of rotatable bonds is 4. The molecule has 0 aromatic heterocycles. The van der Waals surface area contributed by atoms with Gasteiger partial charge in [0.2, 0.25) is 0 Å². The molecule has 30 heavy (non-hydrogen) atoms. The summed E-state index contributed by atoms with van der Waals surface area (Å²) in [5.74, 6) is 1.12. The molecular weight excluding hydrogens is 378 g/mol. The Bertz CT molecular complexity index is 970. The lowest BCUT2D eigenvalue weighted by Gasteiger charge is -2.28. The summed E-state index contributed by atoms with van der Waals surface area (Å²) in [5.41, 5.74) is 3.16. The first-order valence-corrected chi connectivity index (χ1v) is 11.3. The Balaban J connectivity index is 1.32. The van der Waals surface area contributed by atoms with Gasteiger partial charge in [0.15, 0.2) is 6.29 Å². The topological polar surface area (TPSA) is 51.2 Å². The molecule has 0 spiro atoms. The summed E-state index contributed by atoms with van der Waals surface area (Å²) < 4.78 is 18.1. The molecule has 1 unspecified atom stereocenters. The minimum atomic E-state index is -0.261. The highest BCUT2D eigenvalue weighted by Crippen LogP contribution is 2.30. The lowest BCUT2D eigenvalue weighted by Crippen LogP contribution is -2.33. The monoisotopic (exact) mass is 409 g/mol. The van der Waals surface area contributed by atoms with Gasteiger partial charge in [0, 0.05) is 30.2 Å². The van der Waals surface area contributed by atoms with Crippen LogP contribution in [0, 0.1) is 0 Å². The standard InChI is InChI=1S/C25H31NO4/c27-20-14-19-15-24(28-13-11-26-9-3-1-2-4-10-26)30-17-23(19)21-8-7-18-6-5-12-29-25(18)22(21)16-20/h6-8,14,16,24,27H,1-5,9-13,15,17H2. The number of allylic oxidation sites excluding steroid dienone is 1. The summed E-state index contributed by atoms with van der Waals surface area (Å²) in [4.78, 5) is 2.50. The van der Waals surface area contributed by atoms with Gasteiger partial charge in [0.05, 0.1) is 19.8 Å². The van der Waals surface area contributed by atoms with Gasteiger partial charge >= 0.3 is 0 Å². The number of hydrogen-bond donors (Lipinski definition) is 1. The van der Waals surface area contributed by atoms with E-state index in [1.165, 1.54) is 38.8 Å². The van der Waals surface area contributed by atoms with Crippen LogP contribution in [-0.4, -0.2) is 55.8 Å². The van der Waals surface area contributed by atoms with Crippen molar-refractivity contribution in [3.63, 3.8) is 0 Å². The first-order chi connectivity index (χ1) is 14.8. The van der Waals surface area contributed by atoms with Crippen molar-refractivity contribution in [3.8, 4) is 5.75 Å². The highest BCUT2D eigenvalue weighted by molar-refractivity contribution is 5.76. The average Bonchev–Trinajstić information content (AvgIpc) is 3.10. The lowest BCUT2D eigenvalue weighted by molar-refractivity contribution is -0.140. The van der Waals surface area contributed by atoms with Gasteiger partial charge in [-0.25, -0.2) is 0 Å². The van der Waals surface area contributed by atoms with Crippen LogP contribution in [0.3, 0.4) is 0 Å². The van der Waals surface area contributed by atoms with Crippen LogP contribution >= 0.6 is 0 Å². The zero-order valence-corrected chi connectivity index (χ0v) is 17.6. The van der Waals surface area contributed by atoms with E-state index in [0.29, 0.717) is 26.2 Å². The Morgan fingerprint density at radius 3 is 2.83 bits per heavy atom. The maximum atomic E-state index is 10.6. The molecule has 5 heteroatoms. The summed E-state index contributed by atoms with van der Waals surface area (Å²) in [7, 11) is 0. The molecule has 1 atom stereocenters. The summed E-state index contributed by atoms with van der Waals surface area (Å²) in [6, 6.07) is 4.24. The molecule has 0 amide bonds. The molecule has 5 nitrogen and oxygen atoms in total. The predicted octanol–water partition coefficient (Wildman–Crippen LogP) is 2.88. The molecule has 1 aliphatic carbocycles. The average molecular weight is 410 g/mol. The van der Waals surface area contributed by atoms with Crippen molar-refractivity contribution in [1.29, 1.82) is 0 Å². The molecule has 1 N–H and O–H groups in total. The zero-order chi connectivity index (χ0) is 20.3. The van der Waals surface area contributed by atoms with Gasteiger partial charge in [-0.15, -0.1) is 0 Å². The van der Waals surface area contributed by atoms with Crippen LogP contribution in [-0.2, 0) is 9.47 Å². The van der Waals surface area contributed by atoms with E-state index in [1.54, 1.807) is 0 Å². The molecule has 160 valence electrons. The fourth-order valence-electron chi connectivity index (χ4n) is 4.90. The maximum Gasteiger partial charge on any atom is 0.162 e. The van der Waals surface area contributed by atoms with Crippen LogP contribution in [0.5, 0.6) is 5.75 Å². The molecule has 2 fully saturated rings. The van der Waals surface area contributed by atoms with Gasteiger partial charge in [-0.1, -0.05) is 31.1 Å². The smallest absolute Gasteiger partial charge is 0.162 e. The zero-order valence-electron chi connectivity index (χ0n) is 17.6. The van der Waals surface area contributed by atoms with E-state index < -0.39 is 0 Å². The Hall–Kier alpha value is -2.08. The summed E-state index contributed by atoms with van der Waals surface area (Å²) in [6.45, 7) is 5.16. The molecule has 4 aliphatic rings. The number of benzene rings is 1. The molecule has 3 heterocycles. The van der Waals surface area contributed by atoms with Crippen molar-refractivity contribution in [1.82, 2.24) is 4.90 Å². The third-order valence-electron chi connectivity index (χ3n) is 6.49. The number of aliphatic hydroxyl groups excluding tert-OH is 1. The number of likely N-dealkylation sites (tertiary alicyclic amines) is 1. The number of ether oxygens (including phenoxy) is 3. The third kappa shape index (κ3) is 4.20. The molecule has 3 aliphatic heterocycles. The molecular formula is C25H31NO4. The predicted molar refractivity (Wildman–Crippen MR) is 118 cm³/mol. The fraction of sp³-hybridized carbons (Fsp3) is 0.520. The largest absolute Gasteiger partial charge is 0.508 e. The van der Waals surface area contributed by atoms with Gasteiger partial charge in [-0.05, 0) is 54.4 Å². The second kappa shape index (κ2) is 8.96. The molecule has 0 saturated carbocycles. The Morgan fingerprint density at radius 2 is 1.97 bits per heavy atom. The molecule has 0 radical (unpaired) electrons. The van der Waals surface area contributed by atoms with Crippen LogP contribution in [0.4, 0.5) is 0 Å². The highest BCUT2D eigenvalue weighted by atomic mass is 16.7. The Morgan fingerprint density at radius 1 is 1.10 bits per heavy atom. The van der Waals surface area contributed by atoms with Crippen LogP contribution in [0.2, 0.25) is 0 Å². The van der Waals surface area contributed by atoms with E-state index in [-0.39, 0.29) is 12.0 Å². The van der Waals surface area contributed by atoms with Gasteiger partial charge in [0.1, 0.15) is 11.5 Å². The number of fused-ring (bicyclic) bond motifs is 4. The van der Waals surface area contributed by atoms with Crippen LogP contribution in [0.15, 0.2) is 29.5 Å². The van der Waals surface area contributed by atoms with Gasteiger partial charge in [-0.3, -0.25) is 0 Å². The first kappa shape index (κ1) is 19.9. The van der Waals surface area contributed by atoms with Gasteiger partial charge < -0.3 is 24.2 Å². The van der Waals surface area contributed by atoms with Gasteiger partial charge in [-0.2, -0.15) is 0 Å². The number of hydrogen-bond acceptors (Lipinski definition) is 5. The molecule has 0 bridgehead atoms. The summed E-state index contributed by atoms with van der Waals surface area (Å²) in [6.07, 6.45) is 12.5.